The second-order valence-electron chi connectivity index (χ2n) is 5.15. The zero-order valence-corrected chi connectivity index (χ0v) is 12.2. The standard InChI is InChI=1S/C13H15Cl2F3N2/c14-8-12(4-2-1-3-5-12)20-11-10(15)6-9(7-19-11)13(16,17)18/h6-7H,1-5,8H2,(H,19,20). The molecule has 2 nitrogen and oxygen atoms in total. The molecule has 1 aliphatic rings. The number of rotatable bonds is 3. The predicted octanol–water partition coefficient (Wildman–Crippen LogP) is 5.11. The van der Waals surface area contributed by atoms with E-state index in [2.05, 4.69) is 10.3 Å². The van der Waals surface area contributed by atoms with E-state index in [1.165, 1.54) is 0 Å². The van der Waals surface area contributed by atoms with Crippen LogP contribution in [0.4, 0.5) is 19.0 Å². The number of alkyl halides is 4. The highest BCUT2D eigenvalue weighted by Gasteiger charge is 2.34. The van der Waals surface area contributed by atoms with Gasteiger partial charge >= 0.3 is 6.18 Å². The minimum atomic E-state index is -4.44. The Labute approximate surface area is 125 Å². The van der Waals surface area contributed by atoms with E-state index in [1.54, 1.807) is 0 Å². The van der Waals surface area contributed by atoms with E-state index in [0.717, 1.165) is 44.4 Å². The summed E-state index contributed by atoms with van der Waals surface area (Å²) in [4.78, 5) is 3.81. The van der Waals surface area contributed by atoms with Crippen molar-refractivity contribution in [1.82, 2.24) is 4.98 Å². The van der Waals surface area contributed by atoms with E-state index in [-0.39, 0.29) is 16.4 Å². The molecule has 0 aromatic carbocycles. The fourth-order valence-corrected chi connectivity index (χ4v) is 3.00. The highest BCUT2D eigenvalue weighted by molar-refractivity contribution is 6.33. The van der Waals surface area contributed by atoms with Crippen molar-refractivity contribution < 1.29 is 13.2 Å². The van der Waals surface area contributed by atoms with Gasteiger partial charge in [-0.3, -0.25) is 0 Å². The maximum atomic E-state index is 12.6. The first-order chi connectivity index (χ1) is 9.36. The maximum Gasteiger partial charge on any atom is 0.417 e. The fourth-order valence-electron chi connectivity index (χ4n) is 2.46. The third kappa shape index (κ3) is 3.50. The largest absolute Gasteiger partial charge is 0.417 e. The molecule has 1 aromatic rings. The van der Waals surface area contributed by atoms with Crippen LogP contribution in [0.2, 0.25) is 5.02 Å². The number of halogens is 5. The van der Waals surface area contributed by atoms with Crippen molar-refractivity contribution in [1.29, 1.82) is 0 Å². The van der Waals surface area contributed by atoms with Gasteiger partial charge < -0.3 is 5.32 Å². The van der Waals surface area contributed by atoms with Crippen molar-refractivity contribution in [3.8, 4) is 0 Å². The quantitative estimate of drug-likeness (QED) is 0.781. The zero-order valence-electron chi connectivity index (χ0n) is 10.7. The first-order valence-electron chi connectivity index (χ1n) is 6.43. The molecule has 0 saturated heterocycles. The van der Waals surface area contributed by atoms with Crippen LogP contribution in [0.25, 0.3) is 0 Å². The van der Waals surface area contributed by atoms with Crippen molar-refractivity contribution in [2.24, 2.45) is 0 Å². The Morgan fingerprint density at radius 2 is 1.90 bits per heavy atom. The van der Waals surface area contributed by atoms with Crippen LogP contribution in [0.15, 0.2) is 12.3 Å². The number of nitrogens with one attached hydrogen (secondary N) is 1. The van der Waals surface area contributed by atoms with Gasteiger partial charge in [-0.1, -0.05) is 30.9 Å². The molecule has 0 atom stereocenters. The smallest absolute Gasteiger partial charge is 0.362 e. The highest BCUT2D eigenvalue weighted by atomic mass is 35.5. The van der Waals surface area contributed by atoms with Crippen LogP contribution in [0.3, 0.4) is 0 Å². The molecule has 20 heavy (non-hydrogen) atoms. The molecule has 1 N–H and O–H groups in total. The van der Waals surface area contributed by atoms with Crippen LogP contribution < -0.4 is 5.32 Å². The molecule has 0 amide bonds. The summed E-state index contributed by atoms with van der Waals surface area (Å²) in [6.45, 7) is 0. The summed E-state index contributed by atoms with van der Waals surface area (Å²) < 4.78 is 37.7. The summed E-state index contributed by atoms with van der Waals surface area (Å²) in [6, 6.07) is 0.891. The van der Waals surface area contributed by atoms with E-state index in [4.69, 9.17) is 23.2 Å². The van der Waals surface area contributed by atoms with E-state index in [9.17, 15) is 13.2 Å². The van der Waals surface area contributed by atoms with E-state index in [0.29, 0.717) is 5.88 Å². The van der Waals surface area contributed by atoms with Gasteiger partial charge in [0.2, 0.25) is 0 Å². The average Bonchev–Trinajstić information content (AvgIpc) is 2.41. The Hall–Kier alpha value is -0.680. The van der Waals surface area contributed by atoms with Crippen molar-refractivity contribution in [3.63, 3.8) is 0 Å². The molecule has 1 saturated carbocycles. The Kier molecular flexibility index (Phi) is 4.69. The van der Waals surface area contributed by atoms with Gasteiger partial charge in [0.05, 0.1) is 16.1 Å². The molecular formula is C13H15Cl2F3N2. The molecule has 0 spiro atoms. The number of anilines is 1. The van der Waals surface area contributed by atoms with Crippen LogP contribution in [0.5, 0.6) is 0 Å². The van der Waals surface area contributed by atoms with Gasteiger partial charge in [0.25, 0.3) is 0 Å². The Morgan fingerprint density at radius 3 is 2.40 bits per heavy atom. The molecule has 7 heteroatoms. The van der Waals surface area contributed by atoms with E-state index in [1.807, 2.05) is 0 Å². The van der Waals surface area contributed by atoms with Gasteiger partial charge in [0.15, 0.2) is 0 Å². The number of nitrogens with zero attached hydrogens (tertiary/aromatic N) is 1. The van der Waals surface area contributed by atoms with Gasteiger partial charge in [-0.05, 0) is 18.9 Å². The Balaban J connectivity index is 2.21. The van der Waals surface area contributed by atoms with Gasteiger partial charge in [-0.25, -0.2) is 4.98 Å². The lowest BCUT2D eigenvalue weighted by atomic mass is 9.83. The molecule has 1 fully saturated rings. The Bertz CT molecular complexity index is 471. The third-order valence-electron chi connectivity index (χ3n) is 3.62. The molecule has 112 valence electrons. The maximum absolute atomic E-state index is 12.6. The predicted molar refractivity (Wildman–Crippen MR) is 74.4 cm³/mol. The molecule has 0 unspecified atom stereocenters. The number of hydrogen-bond donors (Lipinski definition) is 1. The monoisotopic (exact) mass is 326 g/mol. The summed E-state index contributed by atoms with van der Waals surface area (Å²) >= 11 is 11.9. The summed E-state index contributed by atoms with van der Waals surface area (Å²) in [7, 11) is 0. The number of pyridine rings is 1. The van der Waals surface area contributed by atoms with Crippen molar-refractivity contribution in [2.75, 3.05) is 11.2 Å². The summed E-state index contributed by atoms with van der Waals surface area (Å²) in [6.07, 6.45) is 1.32. The highest BCUT2D eigenvalue weighted by Crippen LogP contribution is 2.36. The molecule has 1 aromatic heterocycles. The van der Waals surface area contributed by atoms with Crippen LogP contribution in [0.1, 0.15) is 37.7 Å². The second-order valence-corrected chi connectivity index (χ2v) is 5.83. The van der Waals surface area contributed by atoms with Gasteiger partial charge in [-0.15, -0.1) is 11.6 Å². The van der Waals surface area contributed by atoms with Crippen LogP contribution in [-0.2, 0) is 6.18 Å². The summed E-state index contributed by atoms with van der Waals surface area (Å²) in [5.41, 5.74) is -1.17. The van der Waals surface area contributed by atoms with Gasteiger partial charge in [0.1, 0.15) is 5.82 Å². The zero-order chi connectivity index (χ0) is 14.8. The van der Waals surface area contributed by atoms with Crippen molar-refractivity contribution in [2.45, 2.75) is 43.8 Å². The van der Waals surface area contributed by atoms with Crippen molar-refractivity contribution in [3.05, 3.63) is 22.8 Å². The lowest BCUT2D eigenvalue weighted by molar-refractivity contribution is -0.137. The molecule has 1 heterocycles. The minimum absolute atomic E-state index is 0.0325. The van der Waals surface area contributed by atoms with Crippen LogP contribution >= 0.6 is 23.2 Å². The fraction of sp³-hybridized carbons (Fsp3) is 0.615. The minimum Gasteiger partial charge on any atom is -0.362 e. The normalized spacial score (nSPS) is 18.9. The third-order valence-corrected chi connectivity index (χ3v) is 4.42. The first kappa shape index (κ1) is 15.7. The molecule has 0 radical (unpaired) electrons. The average molecular weight is 327 g/mol. The first-order valence-corrected chi connectivity index (χ1v) is 7.34. The van der Waals surface area contributed by atoms with Gasteiger partial charge in [-0.2, -0.15) is 13.2 Å². The Morgan fingerprint density at radius 1 is 1.25 bits per heavy atom. The number of hydrogen-bond acceptors (Lipinski definition) is 2. The molecule has 1 aliphatic carbocycles. The topological polar surface area (TPSA) is 24.9 Å². The lowest BCUT2D eigenvalue weighted by Gasteiger charge is -2.37. The lowest BCUT2D eigenvalue weighted by Crippen LogP contribution is -2.42. The summed E-state index contributed by atoms with van der Waals surface area (Å²) in [5, 5.41) is 3.12. The molecule has 0 aliphatic heterocycles. The van der Waals surface area contributed by atoms with Crippen LogP contribution in [0, 0.1) is 0 Å². The summed E-state index contributed by atoms with van der Waals surface area (Å²) in [5.74, 6) is 0.647. The molecule has 2 rings (SSSR count). The van der Waals surface area contributed by atoms with Gasteiger partial charge in [0, 0.05) is 12.1 Å². The van der Waals surface area contributed by atoms with Crippen molar-refractivity contribution >= 4 is 29.0 Å². The molecule has 0 bridgehead atoms. The van der Waals surface area contributed by atoms with E-state index < -0.39 is 11.7 Å². The SMILES string of the molecule is FC(F)(F)c1cnc(NC2(CCl)CCCCC2)c(Cl)c1. The number of aromatic nitrogens is 1. The van der Waals surface area contributed by atoms with E-state index >= 15 is 0 Å². The second kappa shape index (κ2) is 5.98. The molecular weight excluding hydrogens is 312 g/mol. The van der Waals surface area contributed by atoms with Crippen LogP contribution in [-0.4, -0.2) is 16.4 Å².